The van der Waals surface area contributed by atoms with Gasteiger partial charge in [0.15, 0.2) is 5.82 Å². The van der Waals surface area contributed by atoms with Crippen LogP contribution in [0.3, 0.4) is 0 Å². The standard InChI is InChI=1S/C12H15N5O2S/c1-8-14-15-12-11(13-2-3-16(8)12)17-4-5-20-7-9(17)6-10(18)19/h2-3,9H,4-7H2,1H3,(H,18,19). The molecule has 0 aromatic carbocycles. The zero-order chi connectivity index (χ0) is 14.1. The summed E-state index contributed by atoms with van der Waals surface area (Å²) in [5.41, 5.74) is 0.687. The molecule has 1 atom stereocenters. The molecule has 1 saturated heterocycles. The lowest BCUT2D eigenvalue weighted by Crippen LogP contribution is -2.44. The Labute approximate surface area is 120 Å². The molecule has 0 radical (unpaired) electrons. The first kappa shape index (κ1) is 13.2. The molecule has 20 heavy (non-hydrogen) atoms. The SMILES string of the molecule is Cc1nnc2c(N3CCSCC3CC(=O)O)nccn12. The lowest BCUT2D eigenvalue weighted by atomic mass is 10.2. The molecule has 2 aromatic rings. The van der Waals surface area contributed by atoms with Gasteiger partial charge in [-0.05, 0) is 6.92 Å². The van der Waals surface area contributed by atoms with E-state index in [4.69, 9.17) is 5.11 Å². The van der Waals surface area contributed by atoms with Gasteiger partial charge < -0.3 is 10.0 Å². The van der Waals surface area contributed by atoms with E-state index < -0.39 is 5.97 Å². The third-order valence-electron chi connectivity index (χ3n) is 3.39. The summed E-state index contributed by atoms with van der Waals surface area (Å²) in [6.45, 7) is 2.66. The van der Waals surface area contributed by atoms with E-state index in [0.29, 0.717) is 5.65 Å². The van der Waals surface area contributed by atoms with Gasteiger partial charge in [0.25, 0.3) is 0 Å². The topological polar surface area (TPSA) is 83.6 Å². The molecule has 1 aliphatic rings. The summed E-state index contributed by atoms with van der Waals surface area (Å²) in [5.74, 6) is 2.49. The van der Waals surface area contributed by atoms with Gasteiger partial charge in [-0.1, -0.05) is 0 Å². The molecule has 0 saturated carbocycles. The van der Waals surface area contributed by atoms with E-state index in [0.717, 1.165) is 29.7 Å². The molecule has 0 spiro atoms. The zero-order valence-electron chi connectivity index (χ0n) is 11.1. The van der Waals surface area contributed by atoms with Crippen molar-refractivity contribution in [2.75, 3.05) is 23.0 Å². The van der Waals surface area contributed by atoms with E-state index in [1.807, 2.05) is 22.4 Å². The monoisotopic (exact) mass is 293 g/mol. The van der Waals surface area contributed by atoms with Crippen molar-refractivity contribution in [1.82, 2.24) is 19.6 Å². The summed E-state index contributed by atoms with van der Waals surface area (Å²) < 4.78 is 1.88. The van der Waals surface area contributed by atoms with Crippen molar-refractivity contribution in [3.63, 3.8) is 0 Å². The molecule has 0 aliphatic carbocycles. The Morgan fingerprint density at radius 1 is 1.55 bits per heavy atom. The van der Waals surface area contributed by atoms with Crippen LogP contribution in [0.5, 0.6) is 0 Å². The number of hydrogen-bond donors (Lipinski definition) is 1. The second-order valence-corrected chi connectivity index (χ2v) is 5.86. The van der Waals surface area contributed by atoms with Crippen LogP contribution in [0.1, 0.15) is 12.2 Å². The highest BCUT2D eigenvalue weighted by molar-refractivity contribution is 7.99. The Balaban J connectivity index is 2.01. The van der Waals surface area contributed by atoms with Gasteiger partial charge in [-0.2, -0.15) is 11.8 Å². The molecule has 1 N–H and O–H groups in total. The van der Waals surface area contributed by atoms with Crippen LogP contribution in [0.2, 0.25) is 0 Å². The van der Waals surface area contributed by atoms with Crippen molar-refractivity contribution in [3.05, 3.63) is 18.2 Å². The summed E-state index contributed by atoms with van der Waals surface area (Å²) >= 11 is 1.78. The first-order valence-electron chi connectivity index (χ1n) is 6.39. The first-order valence-corrected chi connectivity index (χ1v) is 7.55. The van der Waals surface area contributed by atoms with Crippen LogP contribution in [0.25, 0.3) is 5.65 Å². The van der Waals surface area contributed by atoms with Gasteiger partial charge >= 0.3 is 5.97 Å². The number of carboxylic acids is 1. The molecule has 1 aliphatic heterocycles. The minimum Gasteiger partial charge on any atom is -0.481 e. The zero-order valence-corrected chi connectivity index (χ0v) is 11.9. The number of rotatable bonds is 3. The number of anilines is 1. The molecular weight excluding hydrogens is 278 g/mol. The normalized spacial score (nSPS) is 19.4. The van der Waals surface area contributed by atoms with E-state index in [1.165, 1.54) is 0 Å². The van der Waals surface area contributed by atoms with E-state index >= 15 is 0 Å². The highest BCUT2D eigenvalue weighted by Gasteiger charge is 2.28. The number of carbonyl (C=O) groups is 1. The maximum atomic E-state index is 11.0. The van der Waals surface area contributed by atoms with Crippen LogP contribution in [0, 0.1) is 6.92 Å². The van der Waals surface area contributed by atoms with Crippen molar-refractivity contribution in [1.29, 1.82) is 0 Å². The van der Waals surface area contributed by atoms with Gasteiger partial charge in [0.2, 0.25) is 5.65 Å². The average molecular weight is 293 g/mol. The Bertz CT molecular complexity index is 644. The van der Waals surface area contributed by atoms with Crippen LogP contribution in [0.4, 0.5) is 5.82 Å². The van der Waals surface area contributed by atoms with Crippen LogP contribution < -0.4 is 4.90 Å². The van der Waals surface area contributed by atoms with Crippen molar-refractivity contribution in [3.8, 4) is 0 Å². The maximum absolute atomic E-state index is 11.0. The van der Waals surface area contributed by atoms with E-state index in [-0.39, 0.29) is 12.5 Å². The molecule has 2 aromatic heterocycles. The number of aromatic nitrogens is 4. The molecule has 1 unspecified atom stereocenters. The molecule has 8 heteroatoms. The van der Waals surface area contributed by atoms with Crippen molar-refractivity contribution in [2.24, 2.45) is 0 Å². The maximum Gasteiger partial charge on any atom is 0.305 e. The fourth-order valence-electron chi connectivity index (χ4n) is 2.44. The Kier molecular flexibility index (Phi) is 3.47. The molecule has 3 rings (SSSR count). The number of hydrogen-bond acceptors (Lipinski definition) is 6. The van der Waals surface area contributed by atoms with Crippen molar-refractivity contribution >= 4 is 29.2 Å². The predicted molar refractivity (Wildman–Crippen MR) is 76.2 cm³/mol. The summed E-state index contributed by atoms with van der Waals surface area (Å²) in [6.07, 6.45) is 3.64. The molecule has 7 nitrogen and oxygen atoms in total. The molecular formula is C12H15N5O2S. The number of nitrogens with zero attached hydrogens (tertiary/aromatic N) is 5. The summed E-state index contributed by atoms with van der Waals surface area (Å²) in [5, 5.41) is 17.3. The summed E-state index contributed by atoms with van der Waals surface area (Å²) in [7, 11) is 0. The number of carboxylic acid groups (broad SMARTS) is 1. The Hall–Kier alpha value is -1.83. The average Bonchev–Trinajstić information content (AvgIpc) is 2.81. The number of thioether (sulfide) groups is 1. The summed E-state index contributed by atoms with van der Waals surface area (Å²) in [6, 6.07) is -0.0537. The molecule has 0 bridgehead atoms. The lowest BCUT2D eigenvalue weighted by molar-refractivity contribution is -0.137. The van der Waals surface area contributed by atoms with Gasteiger partial charge in [0.05, 0.1) is 12.5 Å². The first-order chi connectivity index (χ1) is 9.66. The van der Waals surface area contributed by atoms with Crippen LogP contribution >= 0.6 is 11.8 Å². The van der Waals surface area contributed by atoms with Gasteiger partial charge in [-0.3, -0.25) is 9.20 Å². The van der Waals surface area contributed by atoms with Gasteiger partial charge in [0, 0.05) is 30.4 Å². The number of aliphatic carboxylic acids is 1. The number of fused-ring (bicyclic) bond motifs is 1. The van der Waals surface area contributed by atoms with E-state index in [9.17, 15) is 4.79 Å². The van der Waals surface area contributed by atoms with E-state index in [1.54, 1.807) is 18.0 Å². The lowest BCUT2D eigenvalue weighted by Gasteiger charge is -2.35. The molecule has 106 valence electrons. The predicted octanol–water partition coefficient (Wildman–Crippen LogP) is 0.829. The van der Waals surface area contributed by atoms with Gasteiger partial charge in [0.1, 0.15) is 5.82 Å². The van der Waals surface area contributed by atoms with Crippen LogP contribution in [0.15, 0.2) is 12.4 Å². The summed E-state index contributed by atoms with van der Waals surface area (Å²) in [4.78, 5) is 17.5. The fourth-order valence-corrected chi connectivity index (χ4v) is 3.50. The molecule has 1 fully saturated rings. The fraction of sp³-hybridized carbons (Fsp3) is 0.500. The quantitative estimate of drug-likeness (QED) is 0.897. The minimum absolute atomic E-state index is 0.0537. The van der Waals surface area contributed by atoms with E-state index in [2.05, 4.69) is 15.2 Å². The largest absolute Gasteiger partial charge is 0.481 e. The Morgan fingerprint density at radius 3 is 3.20 bits per heavy atom. The van der Waals surface area contributed by atoms with Crippen molar-refractivity contribution < 1.29 is 9.90 Å². The highest BCUT2D eigenvalue weighted by Crippen LogP contribution is 2.26. The van der Waals surface area contributed by atoms with Crippen LogP contribution in [-0.2, 0) is 4.79 Å². The van der Waals surface area contributed by atoms with Gasteiger partial charge in [-0.15, -0.1) is 10.2 Å². The van der Waals surface area contributed by atoms with Gasteiger partial charge in [-0.25, -0.2) is 4.98 Å². The molecule has 0 amide bonds. The third-order valence-corrected chi connectivity index (χ3v) is 4.48. The molecule has 3 heterocycles. The minimum atomic E-state index is -0.785. The van der Waals surface area contributed by atoms with Crippen molar-refractivity contribution in [2.45, 2.75) is 19.4 Å². The Morgan fingerprint density at radius 2 is 2.40 bits per heavy atom. The third kappa shape index (κ3) is 2.31. The smallest absolute Gasteiger partial charge is 0.305 e. The highest BCUT2D eigenvalue weighted by atomic mass is 32.2. The second kappa shape index (κ2) is 5.28. The van der Waals surface area contributed by atoms with Crippen LogP contribution in [-0.4, -0.2) is 54.8 Å². The second-order valence-electron chi connectivity index (χ2n) is 4.71. The number of aryl methyl sites for hydroxylation is 1.